The Balaban J connectivity index is 1.83. The number of carbonyl (C=O) groups is 1. The maximum atomic E-state index is 14.4. The molecule has 1 saturated heterocycles. The normalized spacial score (nSPS) is 16.3. The zero-order chi connectivity index (χ0) is 22.0. The Hall–Kier alpha value is -3.35. The molecule has 1 aliphatic heterocycles. The molecule has 4 rings (SSSR count). The van der Waals surface area contributed by atoms with E-state index in [2.05, 4.69) is 9.97 Å². The van der Waals surface area contributed by atoms with Crippen LogP contribution in [0.4, 0.5) is 10.3 Å². The third-order valence-electron chi connectivity index (χ3n) is 5.70. The first-order valence-electron chi connectivity index (χ1n) is 10.5. The average Bonchev–Trinajstić information content (AvgIpc) is 2.79. The van der Waals surface area contributed by atoms with Gasteiger partial charge in [0.1, 0.15) is 5.82 Å². The molecular weight excluding hydrogens is 393 g/mol. The minimum atomic E-state index is -0.501. The molecule has 1 fully saturated rings. The number of nitrogens with zero attached hydrogens (tertiary/aromatic N) is 5. The van der Waals surface area contributed by atoms with Gasteiger partial charge in [-0.2, -0.15) is 0 Å². The van der Waals surface area contributed by atoms with E-state index < -0.39 is 5.82 Å². The number of carbonyl (C=O) groups excluding carboxylic acids is 1. The van der Waals surface area contributed by atoms with Crippen molar-refractivity contribution in [1.29, 1.82) is 0 Å². The van der Waals surface area contributed by atoms with E-state index in [0.29, 0.717) is 12.5 Å². The first-order valence-corrected chi connectivity index (χ1v) is 10.5. The van der Waals surface area contributed by atoms with E-state index in [0.717, 1.165) is 41.6 Å². The molecule has 31 heavy (non-hydrogen) atoms. The Bertz CT molecular complexity index is 1100. The first-order chi connectivity index (χ1) is 15.0. The molecule has 2 aromatic heterocycles. The number of likely N-dealkylation sites (tertiary alicyclic amines) is 1. The average molecular weight is 420 g/mol. The van der Waals surface area contributed by atoms with E-state index in [9.17, 15) is 9.18 Å². The van der Waals surface area contributed by atoms with Crippen LogP contribution in [0.5, 0.6) is 0 Å². The van der Waals surface area contributed by atoms with Gasteiger partial charge >= 0.3 is 0 Å². The van der Waals surface area contributed by atoms with Gasteiger partial charge in [0.25, 0.3) is 5.91 Å². The summed E-state index contributed by atoms with van der Waals surface area (Å²) in [6.07, 6.45) is 7.99. The fourth-order valence-corrected chi connectivity index (χ4v) is 4.09. The summed E-state index contributed by atoms with van der Waals surface area (Å²) < 4.78 is 14.4. The number of rotatable bonds is 4. The lowest BCUT2D eigenvalue weighted by Gasteiger charge is -2.36. The van der Waals surface area contributed by atoms with Gasteiger partial charge in [-0.25, -0.2) is 14.4 Å². The van der Waals surface area contributed by atoms with Gasteiger partial charge in [0.05, 0.1) is 17.3 Å². The number of anilines is 1. The van der Waals surface area contributed by atoms with Gasteiger partial charge in [-0.05, 0) is 55.5 Å². The number of piperidine rings is 1. The second-order valence-corrected chi connectivity index (χ2v) is 8.04. The van der Waals surface area contributed by atoms with Crippen molar-refractivity contribution in [2.24, 2.45) is 0 Å². The molecule has 1 aliphatic rings. The molecule has 1 unspecified atom stereocenters. The van der Waals surface area contributed by atoms with Gasteiger partial charge in [0.2, 0.25) is 5.95 Å². The SMILES string of the molecule is Cc1cnccc1-c1cnc(N(C)C)nc1C1CCCCN1C(=O)c1ccccc1F. The second kappa shape index (κ2) is 8.79. The molecule has 160 valence electrons. The molecule has 6 nitrogen and oxygen atoms in total. The molecule has 0 spiro atoms. The Morgan fingerprint density at radius 1 is 1.13 bits per heavy atom. The predicted octanol–water partition coefficient (Wildman–Crippen LogP) is 4.42. The van der Waals surface area contributed by atoms with E-state index in [-0.39, 0.29) is 17.5 Å². The number of amides is 1. The molecule has 3 aromatic rings. The third-order valence-corrected chi connectivity index (χ3v) is 5.70. The van der Waals surface area contributed by atoms with Gasteiger partial charge in [-0.3, -0.25) is 9.78 Å². The van der Waals surface area contributed by atoms with Crippen LogP contribution in [0.2, 0.25) is 0 Å². The van der Waals surface area contributed by atoms with Crippen LogP contribution in [0.3, 0.4) is 0 Å². The molecule has 0 saturated carbocycles. The van der Waals surface area contributed by atoms with Crippen molar-refractivity contribution in [2.45, 2.75) is 32.2 Å². The zero-order valence-electron chi connectivity index (χ0n) is 18.0. The van der Waals surface area contributed by atoms with Crippen LogP contribution in [0.15, 0.2) is 48.9 Å². The van der Waals surface area contributed by atoms with Crippen LogP contribution in [-0.4, -0.2) is 46.4 Å². The highest BCUT2D eigenvalue weighted by molar-refractivity contribution is 5.95. The lowest BCUT2D eigenvalue weighted by atomic mass is 9.92. The summed E-state index contributed by atoms with van der Waals surface area (Å²) in [6.45, 7) is 2.56. The lowest BCUT2D eigenvalue weighted by molar-refractivity contribution is 0.0602. The highest BCUT2D eigenvalue weighted by Gasteiger charge is 2.33. The summed E-state index contributed by atoms with van der Waals surface area (Å²) >= 11 is 0. The van der Waals surface area contributed by atoms with Crippen LogP contribution in [-0.2, 0) is 0 Å². The summed E-state index contributed by atoms with van der Waals surface area (Å²) in [5.74, 6) is -0.224. The Morgan fingerprint density at radius 3 is 2.68 bits per heavy atom. The number of aromatic nitrogens is 3. The van der Waals surface area contributed by atoms with Gasteiger partial charge < -0.3 is 9.80 Å². The van der Waals surface area contributed by atoms with Crippen molar-refractivity contribution in [2.75, 3.05) is 25.5 Å². The number of halogens is 1. The maximum absolute atomic E-state index is 14.4. The Labute approximate surface area is 181 Å². The smallest absolute Gasteiger partial charge is 0.257 e. The minimum absolute atomic E-state index is 0.0953. The monoisotopic (exact) mass is 419 g/mol. The molecule has 0 aliphatic carbocycles. The first kappa shape index (κ1) is 20.9. The molecule has 0 bridgehead atoms. The topological polar surface area (TPSA) is 62.2 Å². The number of hydrogen-bond acceptors (Lipinski definition) is 5. The third kappa shape index (κ3) is 4.13. The molecule has 1 aromatic carbocycles. The van der Waals surface area contributed by atoms with Crippen molar-refractivity contribution >= 4 is 11.9 Å². The van der Waals surface area contributed by atoms with Crippen LogP contribution < -0.4 is 4.90 Å². The van der Waals surface area contributed by atoms with Gasteiger partial charge in [-0.1, -0.05) is 12.1 Å². The minimum Gasteiger partial charge on any atom is -0.347 e. The Morgan fingerprint density at radius 2 is 1.94 bits per heavy atom. The van der Waals surface area contributed by atoms with Crippen LogP contribution in [0.25, 0.3) is 11.1 Å². The number of hydrogen-bond donors (Lipinski definition) is 0. The fraction of sp³-hybridized carbons (Fsp3) is 0.333. The van der Waals surface area contributed by atoms with Crippen LogP contribution in [0, 0.1) is 12.7 Å². The molecule has 1 amide bonds. The fourth-order valence-electron chi connectivity index (χ4n) is 4.09. The number of aryl methyl sites for hydroxylation is 1. The summed E-state index contributed by atoms with van der Waals surface area (Å²) in [5, 5.41) is 0. The lowest BCUT2D eigenvalue weighted by Crippen LogP contribution is -2.39. The van der Waals surface area contributed by atoms with Crippen molar-refractivity contribution in [3.8, 4) is 11.1 Å². The van der Waals surface area contributed by atoms with Crippen LogP contribution in [0.1, 0.15) is 46.9 Å². The highest BCUT2D eigenvalue weighted by atomic mass is 19.1. The van der Waals surface area contributed by atoms with Crippen molar-refractivity contribution in [3.05, 3.63) is 71.6 Å². The van der Waals surface area contributed by atoms with Crippen molar-refractivity contribution < 1.29 is 9.18 Å². The van der Waals surface area contributed by atoms with Crippen molar-refractivity contribution in [1.82, 2.24) is 19.9 Å². The molecule has 3 heterocycles. The Kier molecular flexibility index (Phi) is 5.93. The second-order valence-electron chi connectivity index (χ2n) is 8.04. The highest BCUT2D eigenvalue weighted by Crippen LogP contribution is 2.38. The zero-order valence-corrected chi connectivity index (χ0v) is 18.0. The molecule has 0 radical (unpaired) electrons. The molecule has 0 N–H and O–H groups in total. The van der Waals surface area contributed by atoms with Crippen LogP contribution >= 0.6 is 0 Å². The van der Waals surface area contributed by atoms with Gasteiger partial charge in [-0.15, -0.1) is 0 Å². The predicted molar refractivity (Wildman–Crippen MR) is 118 cm³/mol. The van der Waals surface area contributed by atoms with E-state index >= 15 is 0 Å². The molecular formula is C24H26FN5O. The van der Waals surface area contributed by atoms with Gasteiger partial charge in [0.15, 0.2) is 0 Å². The summed E-state index contributed by atoms with van der Waals surface area (Å²) in [6, 6.07) is 7.84. The standard InChI is InChI=1S/C24H26FN5O/c1-16-14-26-12-11-17(16)19-15-27-24(29(2)3)28-22(19)21-10-6-7-13-30(21)23(31)18-8-4-5-9-20(18)25/h4-5,8-9,11-12,14-15,21H,6-7,10,13H2,1-3H3. The largest absolute Gasteiger partial charge is 0.347 e. The molecule has 7 heteroatoms. The van der Waals surface area contributed by atoms with Crippen molar-refractivity contribution in [3.63, 3.8) is 0 Å². The molecule has 1 atom stereocenters. The van der Waals surface area contributed by atoms with Gasteiger partial charge in [0, 0.05) is 44.8 Å². The quantitative estimate of drug-likeness (QED) is 0.626. The summed E-state index contributed by atoms with van der Waals surface area (Å²) in [7, 11) is 3.78. The van der Waals surface area contributed by atoms with E-state index in [1.807, 2.05) is 44.4 Å². The van der Waals surface area contributed by atoms with E-state index in [4.69, 9.17) is 4.98 Å². The van der Waals surface area contributed by atoms with E-state index in [1.54, 1.807) is 29.3 Å². The number of pyridine rings is 1. The van der Waals surface area contributed by atoms with E-state index in [1.165, 1.54) is 6.07 Å². The number of benzene rings is 1. The maximum Gasteiger partial charge on any atom is 0.257 e. The summed E-state index contributed by atoms with van der Waals surface area (Å²) in [5.41, 5.74) is 3.76. The summed E-state index contributed by atoms with van der Waals surface area (Å²) in [4.78, 5) is 30.6.